The Morgan fingerprint density at radius 2 is 2.32 bits per heavy atom. The van der Waals surface area contributed by atoms with E-state index in [2.05, 4.69) is 20.8 Å². The lowest BCUT2D eigenvalue weighted by Gasteiger charge is -2.19. The van der Waals surface area contributed by atoms with Gasteiger partial charge in [0.2, 0.25) is 5.13 Å². The van der Waals surface area contributed by atoms with Gasteiger partial charge < -0.3 is 10.1 Å². The molecule has 2 N–H and O–H groups in total. The van der Waals surface area contributed by atoms with Gasteiger partial charge in [-0.2, -0.15) is 0 Å². The maximum Gasteiger partial charge on any atom is 0.255 e. The molecular formula is C12H18N4O2S. The highest BCUT2D eigenvalue weighted by Crippen LogP contribution is 2.28. The number of nitrogens with zero attached hydrogens (tertiary/aromatic N) is 2. The third kappa shape index (κ3) is 3.10. The van der Waals surface area contributed by atoms with E-state index >= 15 is 0 Å². The summed E-state index contributed by atoms with van der Waals surface area (Å²) in [5, 5.41) is 16.0. The summed E-state index contributed by atoms with van der Waals surface area (Å²) in [5.41, 5.74) is 0. The normalized spacial score (nSPS) is 27.4. The van der Waals surface area contributed by atoms with Gasteiger partial charge in [0.05, 0.1) is 0 Å². The number of piperidine rings is 1. The van der Waals surface area contributed by atoms with Gasteiger partial charge in [-0.25, -0.2) is 0 Å². The first-order valence-corrected chi connectivity index (χ1v) is 7.61. The van der Waals surface area contributed by atoms with Crippen molar-refractivity contribution in [2.24, 2.45) is 0 Å². The van der Waals surface area contributed by atoms with Crippen LogP contribution >= 0.6 is 11.3 Å². The molecule has 3 heterocycles. The van der Waals surface area contributed by atoms with Crippen LogP contribution in [0.25, 0.3) is 0 Å². The van der Waals surface area contributed by atoms with Crippen LogP contribution in [0.15, 0.2) is 0 Å². The van der Waals surface area contributed by atoms with Crippen molar-refractivity contribution >= 4 is 22.4 Å². The fourth-order valence-corrected chi connectivity index (χ4v) is 3.36. The van der Waals surface area contributed by atoms with E-state index in [4.69, 9.17) is 4.74 Å². The molecule has 2 aliphatic rings. The summed E-state index contributed by atoms with van der Waals surface area (Å²) in [6.45, 7) is 2.71. The Bertz CT molecular complexity index is 439. The monoisotopic (exact) mass is 282 g/mol. The molecule has 0 aromatic carbocycles. The largest absolute Gasteiger partial charge is 0.368 e. The van der Waals surface area contributed by atoms with E-state index in [1.54, 1.807) is 0 Å². The fraction of sp³-hybridized carbons (Fsp3) is 0.750. The highest BCUT2D eigenvalue weighted by atomic mass is 32.1. The lowest BCUT2D eigenvalue weighted by atomic mass is 10.0. The number of anilines is 1. The molecule has 2 saturated heterocycles. The van der Waals surface area contributed by atoms with E-state index in [1.165, 1.54) is 17.8 Å². The average molecular weight is 282 g/mol. The highest BCUT2D eigenvalue weighted by Gasteiger charge is 2.25. The van der Waals surface area contributed by atoms with Crippen LogP contribution in [0.5, 0.6) is 0 Å². The lowest BCUT2D eigenvalue weighted by molar-refractivity contribution is -0.124. The summed E-state index contributed by atoms with van der Waals surface area (Å²) in [4.78, 5) is 11.9. The molecule has 6 nitrogen and oxygen atoms in total. The van der Waals surface area contributed by atoms with Gasteiger partial charge in [-0.1, -0.05) is 11.3 Å². The second-order valence-electron chi connectivity index (χ2n) is 4.98. The van der Waals surface area contributed by atoms with Crippen LogP contribution in [-0.4, -0.2) is 41.9 Å². The molecule has 0 aliphatic carbocycles. The Morgan fingerprint density at radius 1 is 1.37 bits per heavy atom. The molecule has 0 saturated carbocycles. The standard InChI is InChI=1S/C12H18N4O2S/c17-10(9-4-2-6-18-9)14-12-16-15-11(19-12)8-3-1-5-13-7-8/h8-9,13H,1-7H2,(H,14,16,17). The number of ether oxygens (including phenoxy) is 1. The molecule has 2 unspecified atom stereocenters. The predicted octanol–water partition coefficient (Wildman–Crippen LogP) is 1.12. The van der Waals surface area contributed by atoms with Crippen molar-refractivity contribution in [1.82, 2.24) is 15.5 Å². The van der Waals surface area contributed by atoms with Crippen LogP contribution < -0.4 is 10.6 Å². The fourth-order valence-electron chi connectivity index (χ4n) is 2.48. The van der Waals surface area contributed by atoms with E-state index in [0.717, 1.165) is 37.4 Å². The Morgan fingerprint density at radius 3 is 3.05 bits per heavy atom. The Hall–Kier alpha value is -1.05. The van der Waals surface area contributed by atoms with Crippen LogP contribution in [0.2, 0.25) is 0 Å². The van der Waals surface area contributed by atoms with E-state index in [0.29, 0.717) is 17.7 Å². The van der Waals surface area contributed by atoms with Gasteiger partial charge in [0.25, 0.3) is 5.91 Å². The van der Waals surface area contributed by atoms with Gasteiger partial charge in [0.1, 0.15) is 11.1 Å². The molecule has 1 aromatic rings. The molecule has 0 bridgehead atoms. The first-order valence-electron chi connectivity index (χ1n) is 6.79. The zero-order valence-corrected chi connectivity index (χ0v) is 11.5. The second-order valence-corrected chi connectivity index (χ2v) is 5.99. The molecular weight excluding hydrogens is 264 g/mol. The summed E-state index contributed by atoms with van der Waals surface area (Å²) >= 11 is 1.48. The zero-order valence-electron chi connectivity index (χ0n) is 10.7. The molecule has 1 amide bonds. The van der Waals surface area contributed by atoms with Gasteiger partial charge in [-0.15, -0.1) is 10.2 Å². The molecule has 19 heavy (non-hydrogen) atoms. The van der Waals surface area contributed by atoms with Crippen LogP contribution in [0, 0.1) is 0 Å². The maximum atomic E-state index is 11.9. The summed E-state index contributed by atoms with van der Waals surface area (Å²) < 4.78 is 5.34. The molecule has 0 spiro atoms. The van der Waals surface area contributed by atoms with Crippen LogP contribution in [0.4, 0.5) is 5.13 Å². The predicted molar refractivity (Wildman–Crippen MR) is 72.4 cm³/mol. The number of aromatic nitrogens is 2. The minimum atomic E-state index is -0.316. The van der Waals surface area contributed by atoms with Crippen molar-refractivity contribution < 1.29 is 9.53 Å². The first kappa shape index (κ1) is 13.0. The minimum absolute atomic E-state index is 0.0954. The van der Waals surface area contributed by atoms with Crippen molar-refractivity contribution in [3.63, 3.8) is 0 Å². The van der Waals surface area contributed by atoms with Crippen LogP contribution in [0.1, 0.15) is 36.6 Å². The van der Waals surface area contributed by atoms with Crippen molar-refractivity contribution in [2.45, 2.75) is 37.7 Å². The van der Waals surface area contributed by atoms with Gasteiger partial charge >= 0.3 is 0 Å². The molecule has 0 radical (unpaired) electrons. The minimum Gasteiger partial charge on any atom is -0.368 e. The summed E-state index contributed by atoms with van der Waals surface area (Å²) in [6, 6.07) is 0. The smallest absolute Gasteiger partial charge is 0.255 e. The molecule has 104 valence electrons. The van der Waals surface area contributed by atoms with E-state index in [9.17, 15) is 4.79 Å². The average Bonchev–Trinajstić information content (AvgIpc) is 3.11. The van der Waals surface area contributed by atoms with E-state index < -0.39 is 0 Å². The van der Waals surface area contributed by atoms with E-state index in [-0.39, 0.29) is 12.0 Å². The SMILES string of the molecule is O=C(Nc1nnc(C2CCCNC2)s1)C1CCCO1. The number of nitrogens with one attached hydrogen (secondary N) is 2. The molecule has 3 rings (SSSR count). The maximum absolute atomic E-state index is 11.9. The number of hydrogen-bond acceptors (Lipinski definition) is 6. The molecule has 1 aromatic heterocycles. The molecule has 7 heteroatoms. The number of amides is 1. The van der Waals surface area contributed by atoms with Crippen molar-refractivity contribution in [3.05, 3.63) is 5.01 Å². The van der Waals surface area contributed by atoms with Gasteiger partial charge in [-0.3, -0.25) is 10.1 Å². The van der Waals surface area contributed by atoms with Gasteiger partial charge in [0, 0.05) is 19.1 Å². The molecule has 2 aliphatic heterocycles. The molecule has 2 atom stereocenters. The second kappa shape index (κ2) is 5.94. The van der Waals surface area contributed by atoms with Gasteiger partial charge in [0.15, 0.2) is 0 Å². The summed E-state index contributed by atoms with van der Waals surface area (Å²) in [6.07, 6.45) is 3.74. The third-order valence-electron chi connectivity index (χ3n) is 3.54. The third-order valence-corrected chi connectivity index (χ3v) is 4.54. The number of carbonyl (C=O) groups is 1. The number of carbonyl (C=O) groups excluding carboxylic acids is 1. The summed E-state index contributed by atoms with van der Waals surface area (Å²) in [7, 11) is 0. The lowest BCUT2D eigenvalue weighted by Crippen LogP contribution is -2.28. The Kier molecular flexibility index (Phi) is 4.05. The van der Waals surface area contributed by atoms with Crippen molar-refractivity contribution in [2.75, 3.05) is 25.0 Å². The highest BCUT2D eigenvalue weighted by molar-refractivity contribution is 7.15. The Labute approximate surface area is 115 Å². The van der Waals surface area contributed by atoms with Crippen LogP contribution in [0.3, 0.4) is 0 Å². The Balaban J connectivity index is 1.59. The summed E-state index contributed by atoms with van der Waals surface area (Å²) in [5.74, 6) is 0.335. The topological polar surface area (TPSA) is 76.1 Å². The molecule has 2 fully saturated rings. The zero-order chi connectivity index (χ0) is 13.1. The van der Waals surface area contributed by atoms with Crippen molar-refractivity contribution in [1.29, 1.82) is 0 Å². The van der Waals surface area contributed by atoms with Crippen molar-refractivity contribution in [3.8, 4) is 0 Å². The number of rotatable bonds is 3. The van der Waals surface area contributed by atoms with E-state index in [1.807, 2.05) is 0 Å². The number of hydrogen-bond donors (Lipinski definition) is 2. The van der Waals surface area contributed by atoms with Gasteiger partial charge in [-0.05, 0) is 32.2 Å². The van der Waals surface area contributed by atoms with Crippen LogP contribution in [-0.2, 0) is 9.53 Å². The quantitative estimate of drug-likeness (QED) is 0.869. The first-order chi connectivity index (χ1) is 9.33.